The molecule has 0 spiro atoms. The van der Waals surface area contributed by atoms with Crippen molar-refractivity contribution < 1.29 is 0 Å². The van der Waals surface area contributed by atoms with Gasteiger partial charge >= 0.3 is 0 Å². The molecule has 3 aromatic rings. The second-order valence-electron chi connectivity index (χ2n) is 9.81. The SMILES string of the molecule is Cc1ccc(-n2c3c/c(=N\C4CCCCC4)c(Nc4cccnc4C)cc-3nc3ccccc32)cc1. The molecule has 1 aliphatic heterocycles. The predicted octanol–water partition coefficient (Wildman–Crippen LogP) is 7.12. The van der Waals surface area contributed by atoms with Crippen molar-refractivity contribution in [3.63, 3.8) is 0 Å². The molecule has 0 radical (unpaired) electrons. The summed E-state index contributed by atoms with van der Waals surface area (Å²) in [7, 11) is 0. The molecular weight excluding hydrogens is 442 g/mol. The molecule has 1 fully saturated rings. The van der Waals surface area contributed by atoms with E-state index in [0.717, 1.165) is 63.4 Å². The van der Waals surface area contributed by atoms with Crippen LogP contribution in [0.3, 0.4) is 0 Å². The zero-order valence-electron chi connectivity index (χ0n) is 20.9. The van der Waals surface area contributed by atoms with Crippen molar-refractivity contribution in [2.75, 3.05) is 5.32 Å². The van der Waals surface area contributed by atoms with Gasteiger partial charge in [-0.25, -0.2) is 4.98 Å². The lowest BCUT2D eigenvalue weighted by molar-refractivity contribution is 0.437. The molecule has 5 heteroatoms. The van der Waals surface area contributed by atoms with Crippen LogP contribution in [0.2, 0.25) is 0 Å². The first-order chi connectivity index (χ1) is 17.7. The summed E-state index contributed by atoms with van der Waals surface area (Å²) >= 11 is 0. The molecular formula is C31H31N5. The number of aryl methyl sites for hydroxylation is 2. The van der Waals surface area contributed by atoms with E-state index in [-0.39, 0.29) is 0 Å². The van der Waals surface area contributed by atoms with Crippen LogP contribution in [0, 0.1) is 13.8 Å². The molecule has 2 aliphatic carbocycles. The molecule has 0 saturated heterocycles. The zero-order chi connectivity index (χ0) is 24.5. The minimum Gasteiger partial charge on any atom is -0.352 e. The molecule has 6 rings (SSSR count). The number of nitrogens with one attached hydrogen (secondary N) is 1. The van der Waals surface area contributed by atoms with E-state index in [1.807, 2.05) is 25.3 Å². The standard InChI is InChI=1S/C31H31N5/c1-21-14-16-24(17-15-21)36-30-13-7-6-11-26(30)35-29-19-27(34-25-12-8-18-32-22(25)2)28(20-31(29)36)33-23-9-4-3-5-10-23/h6-8,11-20,23,34H,3-5,9-10H2,1-2H3/b33-28+. The van der Waals surface area contributed by atoms with E-state index in [4.69, 9.17) is 9.98 Å². The highest BCUT2D eigenvalue weighted by molar-refractivity contribution is 5.84. The first-order valence-corrected chi connectivity index (χ1v) is 12.9. The van der Waals surface area contributed by atoms with Crippen LogP contribution in [0.5, 0.6) is 0 Å². The zero-order valence-corrected chi connectivity index (χ0v) is 20.9. The van der Waals surface area contributed by atoms with E-state index in [1.54, 1.807) is 0 Å². The van der Waals surface area contributed by atoms with Crippen molar-refractivity contribution >= 4 is 22.4 Å². The first-order valence-electron chi connectivity index (χ1n) is 12.9. The van der Waals surface area contributed by atoms with Gasteiger partial charge in [0.25, 0.3) is 0 Å². The quantitative estimate of drug-likeness (QED) is 0.283. The van der Waals surface area contributed by atoms with Crippen molar-refractivity contribution in [1.82, 2.24) is 14.5 Å². The van der Waals surface area contributed by atoms with Crippen molar-refractivity contribution in [3.05, 3.63) is 95.6 Å². The minimum absolute atomic E-state index is 0.355. The predicted molar refractivity (Wildman–Crippen MR) is 147 cm³/mol. The van der Waals surface area contributed by atoms with Crippen molar-refractivity contribution in [3.8, 4) is 17.1 Å². The van der Waals surface area contributed by atoms with Gasteiger partial charge in [-0.15, -0.1) is 0 Å². The Morgan fingerprint density at radius 3 is 2.47 bits per heavy atom. The molecule has 0 unspecified atom stereocenters. The maximum atomic E-state index is 5.30. The van der Waals surface area contributed by atoms with Gasteiger partial charge in [0.05, 0.1) is 50.9 Å². The first kappa shape index (κ1) is 22.5. The van der Waals surface area contributed by atoms with E-state index >= 15 is 0 Å². The van der Waals surface area contributed by atoms with Crippen molar-refractivity contribution in [2.45, 2.75) is 52.0 Å². The third kappa shape index (κ3) is 4.37. The molecule has 2 heterocycles. The molecule has 3 aliphatic rings. The highest BCUT2D eigenvalue weighted by Crippen LogP contribution is 2.31. The van der Waals surface area contributed by atoms with Crippen LogP contribution >= 0.6 is 0 Å². The van der Waals surface area contributed by atoms with E-state index < -0.39 is 0 Å². The number of hydrogen-bond donors (Lipinski definition) is 1. The Morgan fingerprint density at radius 2 is 1.67 bits per heavy atom. The minimum atomic E-state index is 0.355. The monoisotopic (exact) mass is 473 g/mol. The number of rotatable bonds is 4. The Balaban J connectivity index is 1.63. The number of fused-ring (bicyclic) bond motifs is 2. The third-order valence-electron chi connectivity index (χ3n) is 7.16. The van der Waals surface area contributed by atoms with Gasteiger partial charge in [-0.1, -0.05) is 49.1 Å². The van der Waals surface area contributed by atoms with E-state index in [0.29, 0.717) is 6.04 Å². The molecule has 180 valence electrons. The van der Waals surface area contributed by atoms with Gasteiger partial charge in [-0.3, -0.25) is 9.98 Å². The van der Waals surface area contributed by atoms with Gasteiger partial charge in [0.15, 0.2) is 0 Å². The van der Waals surface area contributed by atoms with Gasteiger partial charge in [0, 0.05) is 11.9 Å². The second kappa shape index (κ2) is 9.57. The summed E-state index contributed by atoms with van der Waals surface area (Å²) in [5.74, 6) is 0. The second-order valence-corrected chi connectivity index (χ2v) is 9.81. The molecule has 1 aromatic heterocycles. The highest BCUT2D eigenvalue weighted by atomic mass is 15.0. The lowest BCUT2D eigenvalue weighted by atomic mass is 9.96. The van der Waals surface area contributed by atoms with Gasteiger partial charge in [-0.2, -0.15) is 0 Å². The fourth-order valence-corrected chi connectivity index (χ4v) is 5.19. The van der Waals surface area contributed by atoms with Crippen molar-refractivity contribution in [1.29, 1.82) is 0 Å². The summed E-state index contributed by atoms with van der Waals surface area (Å²) in [4.78, 5) is 14.8. The van der Waals surface area contributed by atoms with Crippen LogP contribution in [0.25, 0.3) is 28.1 Å². The average molecular weight is 474 g/mol. The molecule has 36 heavy (non-hydrogen) atoms. The van der Waals surface area contributed by atoms with Crippen LogP contribution in [0.1, 0.15) is 43.4 Å². The number of para-hydroxylation sites is 2. The summed E-state index contributed by atoms with van der Waals surface area (Å²) in [6, 6.07) is 25.8. The number of nitrogens with zero attached hydrogens (tertiary/aromatic N) is 4. The number of benzene rings is 3. The maximum absolute atomic E-state index is 5.30. The molecule has 1 saturated carbocycles. The fourth-order valence-electron chi connectivity index (χ4n) is 5.19. The molecule has 0 atom stereocenters. The maximum Gasteiger partial charge on any atom is 0.0900 e. The smallest absolute Gasteiger partial charge is 0.0900 e. The van der Waals surface area contributed by atoms with Gasteiger partial charge in [-0.05, 0) is 75.2 Å². The number of anilines is 2. The molecule has 1 N–H and O–H groups in total. The third-order valence-corrected chi connectivity index (χ3v) is 7.16. The Labute approximate surface area is 211 Å². The molecule has 5 nitrogen and oxygen atoms in total. The Kier molecular flexibility index (Phi) is 5.98. The average Bonchev–Trinajstić information content (AvgIpc) is 2.90. The number of hydrogen-bond acceptors (Lipinski definition) is 4. The van der Waals surface area contributed by atoms with Gasteiger partial charge in [0.2, 0.25) is 0 Å². The van der Waals surface area contributed by atoms with E-state index in [9.17, 15) is 0 Å². The number of aromatic nitrogens is 3. The Bertz CT molecular complexity index is 1560. The lowest BCUT2D eigenvalue weighted by Crippen LogP contribution is -2.19. The summed E-state index contributed by atoms with van der Waals surface area (Å²) in [6.07, 6.45) is 7.94. The fraction of sp³-hybridized carbons (Fsp3) is 0.258. The van der Waals surface area contributed by atoms with E-state index in [2.05, 4.69) is 82.5 Å². The van der Waals surface area contributed by atoms with Crippen molar-refractivity contribution in [2.24, 2.45) is 4.99 Å². The molecule has 0 amide bonds. The normalized spacial score (nSPS) is 15.0. The molecule has 2 aromatic carbocycles. The Hall–Kier alpha value is -3.99. The lowest BCUT2D eigenvalue weighted by Gasteiger charge is -2.22. The van der Waals surface area contributed by atoms with Crippen LogP contribution in [-0.2, 0) is 0 Å². The van der Waals surface area contributed by atoms with Gasteiger partial charge < -0.3 is 9.88 Å². The topological polar surface area (TPSA) is 55.1 Å². The van der Waals surface area contributed by atoms with Crippen LogP contribution in [0.15, 0.2) is 84.0 Å². The number of pyridine rings is 1. The largest absolute Gasteiger partial charge is 0.352 e. The summed E-state index contributed by atoms with van der Waals surface area (Å²) < 4.78 is 2.32. The van der Waals surface area contributed by atoms with Crippen LogP contribution in [0.4, 0.5) is 11.4 Å². The van der Waals surface area contributed by atoms with E-state index in [1.165, 1.54) is 24.8 Å². The van der Waals surface area contributed by atoms with Crippen LogP contribution < -0.4 is 10.7 Å². The van der Waals surface area contributed by atoms with Crippen LogP contribution in [-0.4, -0.2) is 20.6 Å². The van der Waals surface area contributed by atoms with Gasteiger partial charge in [0.1, 0.15) is 0 Å². The Morgan fingerprint density at radius 1 is 0.861 bits per heavy atom. The summed E-state index contributed by atoms with van der Waals surface area (Å²) in [5, 5.41) is 4.61. The molecule has 0 bridgehead atoms. The summed E-state index contributed by atoms with van der Waals surface area (Å²) in [5.41, 5.74) is 9.33. The highest BCUT2D eigenvalue weighted by Gasteiger charge is 2.18. The summed E-state index contributed by atoms with van der Waals surface area (Å²) in [6.45, 7) is 4.15.